The minimum Gasteiger partial charge on any atom is -0.504 e. The number of phenolic OH excluding ortho intramolecular Hbond substituents is 2. The highest BCUT2D eigenvalue weighted by Gasteiger charge is 2.05. The summed E-state index contributed by atoms with van der Waals surface area (Å²) in [6.07, 6.45) is 1.22. The number of hydrogen-bond donors (Lipinski definition) is 3. The van der Waals surface area contributed by atoms with Crippen molar-refractivity contribution in [2.24, 2.45) is 5.10 Å². The summed E-state index contributed by atoms with van der Waals surface area (Å²) in [4.78, 5) is 11.6. The molecule has 23 heavy (non-hydrogen) atoms. The molecule has 0 heterocycles. The van der Waals surface area contributed by atoms with E-state index in [0.29, 0.717) is 10.8 Å². The number of aryl methyl sites for hydroxylation is 1. The fourth-order valence-corrected chi connectivity index (χ4v) is 2.00. The molecular weight excluding hydrogens is 320 g/mol. The largest absolute Gasteiger partial charge is 0.504 e. The second-order valence-electron chi connectivity index (χ2n) is 4.71. The highest BCUT2D eigenvalue weighted by Crippen LogP contribution is 2.26. The van der Waals surface area contributed by atoms with E-state index in [1.165, 1.54) is 18.3 Å². The number of carbonyl (C=O) groups is 1. The number of hydrogen-bond acceptors (Lipinski definition) is 5. The van der Waals surface area contributed by atoms with Gasteiger partial charge in [-0.2, -0.15) is 5.10 Å². The Morgan fingerprint density at radius 3 is 2.87 bits per heavy atom. The molecule has 2 rings (SSSR count). The highest BCUT2D eigenvalue weighted by molar-refractivity contribution is 6.30. The lowest BCUT2D eigenvalue weighted by Gasteiger charge is -2.08. The smallest absolute Gasteiger partial charge is 0.277 e. The average Bonchev–Trinajstić information content (AvgIpc) is 2.50. The van der Waals surface area contributed by atoms with E-state index in [1.54, 1.807) is 24.3 Å². The molecule has 3 N–H and O–H groups in total. The van der Waals surface area contributed by atoms with Gasteiger partial charge in [0.25, 0.3) is 5.91 Å². The Bertz CT molecular complexity index is 747. The summed E-state index contributed by atoms with van der Waals surface area (Å²) in [7, 11) is 0. The number of para-hydroxylation sites is 1. The molecule has 0 aliphatic heterocycles. The number of amides is 1. The number of aromatic hydroxyl groups is 2. The standard InChI is InChI=1S/C16H15ClN2O4/c1-10-7-12(17)5-6-14(10)23-9-15(21)19-18-8-11-3-2-4-13(20)16(11)22/h2-8,20,22H,9H2,1H3,(H,19,21)/b18-8+. The monoisotopic (exact) mass is 334 g/mol. The summed E-state index contributed by atoms with van der Waals surface area (Å²) >= 11 is 5.84. The average molecular weight is 335 g/mol. The molecule has 0 saturated heterocycles. The first-order valence-electron chi connectivity index (χ1n) is 6.69. The third kappa shape index (κ3) is 4.62. The van der Waals surface area contributed by atoms with E-state index < -0.39 is 5.91 Å². The van der Waals surface area contributed by atoms with E-state index in [2.05, 4.69) is 10.5 Å². The van der Waals surface area contributed by atoms with Crippen molar-refractivity contribution in [3.05, 3.63) is 52.5 Å². The van der Waals surface area contributed by atoms with E-state index in [-0.39, 0.29) is 23.7 Å². The molecule has 7 heteroatoms. The zero-order valence-electron chi connectivity index (χ0n) is 12.3. The molecule has 6 nitrogen and oxygen atoms in total. The van der Waals surface area contributed by atoms with Gasteiger partial charge in [-0.1, -0.05) is 17.7 Å². The SMILES string of the molecule is Cc1cc(Cl)ccc1OCC(=O)N/N=C/c1cccc(O)c1O. The molecule has 0 aliphatic carbocycles. The molecular formula is C16H15ClN2O4. The van der Waals surface area contributed by atoms with Crippen molar-refractivity contribution in [2.75, 3.05) is 6.61 Å². The van der Waals surface area contributed by atoms with Crippen LogP contribution in [0.5, 0.6) is 17.2 Å². The van der Waals surface area contributed by atoms with Gasteiger partial charge in [-0.25, -0.2) is 5.43 Å². The van der Waals surface area contributed by atoms with Crippen molar-refractivity contribution >= 4 is 23.7 Å². The first-order chi connectivity index (χ1) is 11.0. The van der Waals surface area contributed by atoms with Crippen molar-refractivity contribution in [2.45, 2.75) is 6.92 Å². The zero-order valence-corrected chi connectivity index (χ0v) is 13.0. The number of nitrogens with one attached hydrogen (secondary N) is 1. The van der Waals surface area contributed by atoms with Crippen molar-refractivity contribution in [3.8, 4) is 17.2 Å². The van der Waals surface area contributed by atoms with Crippen molar-refractivity contribution in [1.29, 1.82) is 0 Å². The predicted molar refractivity (Wildman–Crippen MR) is 87.2 cm³/mol. The number of halogens is 1. The summed E-state index contributed by atoms with van der Waals surface area (Å²) in [5, 5.41) is 23.2. The van der Waals surface area contributed by atoms with Crippen LogP contribution in [0.1, 0.15) is 11.1 Å². The predicted octanol–water partition coefficient (Wildman–Crippen LogP) is 2.59. The Hall–Kier alpha value is -2.73. The fraction of sp³-hybridized carbons (Fsp3) is 0.125. The molecule has 0 bridgehead atoms. The molecule has 0 fully saturated rings. The normalized spacial score (nSPS) is 10.7. The summed E-state index contributed by atoms with van der Waals surface area (Å²) in [5.41, 5.74) is 3.36. The van der Waals surface area contributed by atoms with Gasteiger partial charge in [0.2, 0.25) is 0 Å². The fourth-order valence-electron chi connectivity index (χ4n) is 1.78. The molecule has 0 spiro atoms. The van der Waals surface area contributed by atoms with Gasteiger partial charge in [0, 0.05) is 10.6 Å². The first kappa shape index (κ1) is 16.6. The second-order valence-corrected chi connectivity index (χ2v) is 5.14. The lowest BCUT2D eigenvalue weighted by molar-refractivity contribution is -0.123. The van der Waals surface area contributed by atoms with Crippen LogP contribution in [0.25, 0.3) is 0 Å². The van der Waals surface area contributed by atoms with Crippen LogP contribution in [0.15, 0.2) is 41.5 Å². The minimum atomic E-state index is -0.463. The Kier molecular flexibility index (Phi) is 5.43. The molecule has 0 aromatic heterocycles. The summed E-state index contributed by atoms with van der Waals surface area (Å²) in [6.45, 7) is 1.60. The van der Waals surface area contributed by atoms with Crippen molar-refractivity contribution < 1.29 is 19.7 Å². The second kappa shape index (κ2) is 7.51. The molecule has 2 aromatic rings. The number of ether oxygens (including phenoxy) is 1. The van der Waals surface area contributed by atoms with Gasteiger partial charge >= 0.3 is 0 Å². The van der Waals surface area contributed by atoms with Crippen LogP contribution in [0.4, 0.5) is 0 Å². The lowest BCUT2D eigenvalue weighted by atomic mass is 10.2. The highest BCUT2D eigenvalue weighted by atomic mass is 35.5. The van der Waals surface area contributed by atoms with Gasteiger partial charge in [0.05, 0.1) is 6.21 Å². The Morgan fingerprint density at radius 1 is 1.35 bits per heavy atom. The third-order valence-corrected chi connectivity index (χ3v) is 3.17. The van der Waals surface area contributed by atoms with Crippen LogP contribution in [0.3, 0.4) is 0 Å². The zero-order chi connectivity index (χ0) is 16.8. The summed E-state index contributed by atoms with van der Waals surface area (Å²) in [5.74, 6) is -0.477. The van der Waals surface area contributed by atoms with Crippen molar-refractivity contribution in [3.63, 3.8) is 0 Å². The molecule has 0 saturated carbocycles. The molecule has 0 aliphatic rings. The van der Waals surface area contributed by atoms with Gasteiger partial charge in [0.1, 0.15) is 5.75 Å². The molecule has 2 aromatic carbocycles. The van der Waals surface area contributed by atoms with Crippen LogP contribution in [-0.4, -0.2) is 28.9 Å². The van der Waals surface area contributed by atoms with E-state index in [9.17, 15) is 15.0 Å². The van der Waals surface area contributed by atoms with E-state index in [1.807, 2.05) is 6.92 Å². The Morgan fingerprint density at radius 2 is 2.13 bits per heavy atom. The molecule has 0 unspecified atom stereocenters. The summed E-state index contributed by atoms with van der Waals surface area (Å²) in [6, 6.07) is 9.51. The molecule has 0 radical (unpaired) electrons. The Labute approximate surface area is 138 Å². The van der Waals surface area contributed by atoms with Gasteiger partial charge in [-0.15, -0.1) is 0 Å². The number of carbonyl (C=O) groups excluding carboxylic acids is 1. The van der Waals surface area contributed by atoms with Crippen LogP contribution in [0, 0.1) is 6.92 Å². The molecule has 0 atom stereocenters. The maximum Gasteiger partial charge on any atom is 0.277 e. The number of hydrazone groups is 1. The number of nitrogens with zero attached hydrogens (tertiary/aromatic N) is 1. The van der Waals surface area contributed by atoms with Gasteiger partial charge in [-0.05, 0) is 42.8 Å². The van der Waals surface area contributed by atoms with Crippen LogP contribution in [-0.2, 0) is 4.79 Å². The van der Waals surface area contributed by atoms with Gasteiger partial charge in [-0.3, -0.25) is 4.79 Å². The van der Waals surface area contributed by atoms with E-state index in [0.717, 1.165) is 5.56 Å². The third-order valence-electron chi connectivity index (χ3n) is 2.93. The summed E-state index contributed by atoms with van der Waals surface area (Å²) < 4.78 is 5.37. The topological polar surface area (TPSA) is 91.2 Å². The lowest BCUT2D eigenvalue weighted by Crippen LogP contribution is -2.24. The van der Waals surface area contributed by atoms with Crippen LogP contribution >= 0.6 is 11.6 Å². The number of phenols is 2. The van der Waals surface area contributed by atoms with Gasteiger partial charge < -0.3 is 14.9 Å². The maximum absolute atomic E-state index is 11.6. The Balaban J connectivity index is 1.87. The van der Waals surface area contributed by atoms with Crippen molar-refractivity contribution in [1.82, 2.24) is 5.43 Å². The van der Waals surface area contributed by atoms with E-state index >= 15 is 0 Å². The first-order valence-corrected chi connectivity index (χ1v) is 7.07. The quantitative estimate of drug-likeness (QED) is 0.445. The van der Waals surface area contributed by atoms with Crippen LogP contribution < -0.4 is 10.2 Å². The molecule has 120 valence electrons. The minimum absolute atomic E-state index is 0.216. The van der Waals surface area contributed by atoms with E-state index in [4.69, 9.17) is 16.3 Å². The molecule has 1 amide bonds. The van der Waals surface area contributed by atoms with Gasteiger partial charge in [0.15, 0.2) is 18.1 Å². The number of rotatable bonds is 5. The van der Waals surface area contributed by atoms with Crippen LogP contribution in [0.2, 0.25) is 5.02 Å². The number of benzene rings is 2. The maximum atomic E-state index is 11.6.